The number of ketones is 2. The van der Waals surface area contributed by atoms with Crippen LogP contribution in [0.15, 0.2) is 109 Å². The number of aliphatic hydroxyl groups is 4. The lowest BCUT2D eigenvalue weighted by Crippen LogP contribution is -2.47. The number of nitrogens with two attached hydrogens (primary N) is 1. The van der Waals surface area contributed by atoms with Crippen molar-refractivity contribution in [2.45, 2.75) is 101 Å². The molecule has 5 atom stereocenters. The molecule has 93 heavy (non-hydrogen) atoms. The summed E-state index contributed by atoms with van der Waals surface area (Å²) in [6.45, 7) is 12.7. The molecule has 19 nitrogen and oxygen atoms in total. The number of hydrogen-bond donors (Lipinski definition) is 8. The number of hydrogen-bond acceptors (Lipinski definition) is 18. The molecule has 5 aromatic carbocycles. The lowest BCUT2D eigenvalue weighted by molar-refractivity contribution is 0.0395. The second-order valence-corrected chi connectivity index (χ2v) is 26.5. The zero-order valence-electron chi connectivity index (χ0n) is 52.6. The number of carbonyl (C=O) groups is 2. The van der Waals surface area contributed by atoms with Crippen molar-refractivity contribution < 1.29 is 85.9 Å². The van der Waals surface area contributed by atoms with Crippen LogP contribution in [0.3, 0.4) is 0 Å². The molecule has 2 aliphatic heterocycles. The number of nitrogens with one attached hydrogen (secondary N) is 1. The van der Waals surface area contributed by atoms with E-state index in [2.05, 4.69) is 9.71 Å². The summed E-state index contributed by atoms with van der Waals surface area (Å²) in [4.78, 5) is 35.6. The quantitative estimate of drug-likeness (QED) is 0.0218. The molecule has 0 radical (unpaired) electrons. The highest BCUT2D eigenvalue weighted by Crippen LogP contribution is 2.47. The Morgan fingerprint density at radius 3 is 1.57 bits per heavy atom. The summed E-state index contributed by atoms with van der Waals surface area (Å²) in [6.07, 6.45) is 0.122. The molecule has 9 N–H and O–H groups in total. The third-order valence-electron chi connectivity index (χ3n) is 15.1. The van der Waals surface area contributed by atoms with Crippen molar-refractivity contribution in [3.63, 3.8) is 0 Å². The Hall–Kier alpha value is -6.91. The molecule has 0 amide bonds. The molecule has 0 spiro atoms. The lowest BCUT2D eigenvalue weighted by atomic mass is 9.80. The number of aromatic nitrogens is 2. The lowest BCUT2D eigenvalue weighted by Gasteiger charge is -2.30. The fourth-order valence-corrected chi connectivity index (χ4v) is 10.8. The molecule has 2 aliphatic rings. The van der Waals surface area contributed by atoms with Crippen LogP contribution in [0.25, 0.3) is 22.5 Å². The van der Waals surface area contributed by atoms with Gasteiger partial charge in [0.2, 0.25) is 0 Å². The summed E-state index contributed by atoms with van der Waals surface area (Å²) in [5.41, 5.74) is 6.43. The number of Topliss-reactive ketones (excluding diaryl/α,β-unsaturated/α-hetero) is 2. The molecule has 0 saturated carbocycles. The number of aliphatic hydroxyl groups excluding tert-OH is 2. The van der Waals surface area contributed by atoms with E-state index in [0.29, 0.717) is 90.7 Å². The van der Waals surface area contributed by atoms with E-state index in [4.69, 9.17) is 82.6 Å². The van der Waals surface area contributed by atoms with Crippen molar-refractivity contribution in [1.29, 1.82) is 0 Å². The number of methoxy groups -OCH3 is 2. The molecule has 0 aliphatic carbocycles. The van der Waals surface area contributed by atoms with Gasteiger partial charge in [-0.25, -0.2) is 32.1 Å². The Morgan fingerprint density at radius 2 is 1.11 bits per heavy atom. The minimum atomic E-state index is -1.60. The molecule has 7 aromatic rings. The van der Waals surface area contributed by atoms with E-state index < -0.39 is 62.6 Å². The van der Waals surface area contributed by atoms with Gasteiger partial charge in [0.1, 0.15) is 66.5 Å². The van der Waals surface area contributed by atoms with Crippen molar-refractivity contribution in [1.82, 2.24) is 14.7 Å². The molecule has 9 rings (SSSR count). The average molecular weight is 1370 g/mol. The van der Waals surface area contributed by atoms with E-state index in [0.717, 1.165) is 6.07 Å². The van der Waals surface area contributed by atoms with Crippen LogP contribution in [0.4, 0.5) is 13.2 Å². The first-order valence-electron chi connectivity index (χ1n) is 29.0. The largest absolute Gasteiger partial charge is 0.493 e. The van der Waals surface area contributed by atoms with Crippen molar-refractivity contribution >= 4 is 70.7 Å². The Kier molecular flexibility index (Phi) is 25.5. The molecule has 0 fully saturated rings. The van der Waals surface area contributed by atoms with Crippen LogP contribution in [0.1, 0.15) is 117 Å². The summed E-state index contributed by atoms with van der Waals surface area (Å²) in [7, 11) is -0.117. The third kappa shape index (κ3) is 18.5. The Morgan fingerprint density at radius 1 is 0.656 bits per heavy atom. The van der Waals surface area contributed by atoms with Crippen molar-refractivity contribution in [3.8, 4) is 57.0 Å². The summed E-state index contributed by atoms with van der Waals surface area (Å²) in [5, 5.41) is 58.2. The van der Waals surface area contributed by atoms with Crippen LogP contribution in [0.2, 0.25) is 10.0 Å². The van der Waals surface area contributed by atoms with Gasteiger partial charge in [0.25, 0.3) is 0 Å². The first-order valence-corrected chi connectivity index (χ1v) is 30.9. The standard InChI is InChI=1S/C32H39FN2O7S.C28H30ClFN2O6.C6H5BClFO2.ClH/c1-30(2,3)43(39)35-31(4)19-42-29-23(31)18-27(34-28(29)20-7-10-22(33)11-8-20)32(5,38)14-13-24(37)21-9-12-25(41-16-15-36)26(17-21)40-6;1-27(31)15-38-26-18(27)14-24(32-25(26)17-4-6-20(30)19(29)12-17)28(2,35)9-8-21(34)16-5-7-22(37-11-10-33)23(13-16)36-3;8-5-3-4(7(10)11)1-2-6(5)9;/h7-12,17-18,35-36,38H,13-16,19H2,1-6H3;4-7,12-14,33,35H,8-11,15,31H2,1-3H3;1-3,10-11H;1H. The van der Waals surface area contributed by atoms with Gasteiger partial charge in [0.15, 0.2) is 46.1 Å². The number of rotatable bonds is 23. The van der Waals surface area contributed by atoms with Gasteiger partial charge in [0, 0.05) is 46.2 Å². The Bertz CT molecular complexity index is 3830. The third-order valence-corrected chi connectivity index (χ3v) is 17.4. The molecule has 0 bridgehead atoms. The van der Waals surface area contributed by atoms with Crippen molar-refractivity contribution in [3.05, 3.63) is 170 Å². The van der Waals surface area contributed by atoms with Gasteiger partial charge < -0.3 is 64.6 Å². The molecular weight excluding hydrogens is 1290 g/mol. The van der Waals surface area contributed by atoms with E-state index in [1.54, 1.807) is 74.5 Å². The van der Waals surface area contributed by atoms with Gasteiger partial charge in [-0.1, -0.05) is 29.3 Å². The zero-order chi connectivity index (χ0) is 67.7. The molecule has 500 valence electrons. The van der Waals surface area contributed by atoms with Crippen LogP contribution < -0.4 is 44.3 Å². The van der Waals surface area contributed by atoms with Gasteiger partial charge >= 0.3 is 7.12 Å². The highest BCUT2D eigenvalue weighted by molar-refractivity contribution is 7.84. The number of ether oxygens (including phenoxy) is 6. The maximum Gasteiger partial charge on any atom is 0.488 e. The molecule has 5 unspecified atom stereocenters. The number of fused-ring (bicyclic) bond motifs is 2. The highest BCUT2D eigenvalue weighted by atomic mass is 35.5. The number of halogens is 6. The first-order chi connectivity index (χ1) is 43.3. The van der Waals surface area contributed by atoms with E-state index in [1.807, 2.05) is 34.6 Å². The van der Waals surface area contributed by atoms with E-state index in [-0.39, 0.29) is 105 Å². The summed E-state index contributed by atoms with van der Waals surface area (Å²) < 4.78 is 89.3. The number of nitrogens with zero attached hydrogens (tertiary/aromatic N) is 2. The van der Waals surface area contributed by atoms with Crippen LogP contribution >= 0.6 is 35.6 Å². The van der Waals surface area contributed by atoms with Crippen molar-refractivity contribution in [2.24, 2.45) is 5.73 Å². The van der Waals surface area contributed by atoms with Gasteiger partial charge in [-0.15, -0.1) is 12.4 Å². The normalized spacial score (nSPS) is 17.0. The van der Waals surface area contributed by atoms with Crippen molar-refractivity contribution in [2.75, 3.05) is 53.9 Å². The van der Waals surface area contributed by atoms with E-state index in [1.165, 1.54) is 56.7 Å². The Balaban J connectivity index is 0.000000252. The van der Waals surface area contributed by atoms with Crippen LogP contribution in [-0.2, 0) is 33.3 Å². The smallest absolute Gasteiger partial charge is 0.488 e. The topological polar surface area (TPSA) is 292 Å². The van der Waals surface area contributed by atoms with Crippen LogP contribution in [-0.4, -0.2) is 122 Å². The fourth-order valence-electron chi connectivity index (χ4n) is 9.59. The van der Waals surface area contributed by atoms with E-state index in [9.17, 15) is 37.2 Å². The number of benzene rings is 5. The summed E-state index contributed by atoms with van der Waals surface area (Å²) in [6, 6.07) is 26.5. The monoisotopic (exact) mass is 1370 g/mol. The fraction of sp³-hybridized carbons (Fsp3) is 0.364. The van der Waals surface area contributed by atoms with Crippen LogP contribution in [0, 0.1) is 17.5 Å². The van der Waals surface area contributed by atoms with E-state index >= 15 is 0 Å². The maximum atomic E-state index is 13.8. The van der Waals surface area contributed by atoms with Gasteiger partial charge in [-0.3, -0.25) is 9.59 Å². The zero-order valence-corrected chi connectivity index (χ0v) is 55.7. The number of pyridine rings is 2. The minimum Gasteiger partial charge on any atom is -0.493 e. The molecule has 4 heterocycles. The summed E-state index contributed by atoms with van der Waals surface area (Å²) >= 11 is 11.4. The predicted molar refractivity (Wildman–Crippen MR) is 351 cm³/mol. The number of carbonyl (C=O) groups excluding carboxylic acids is 2. The average Bonchev–Trinajstić information content (AvgIpc) is 1.67. The van der Waals surface area contributed by atoms with Crippen LogP contribution in [0.5, 0.6) is 34.5 Å². The molecule has 2 aromatic heterocycles. The second kappa shape index (κ2) is 31.6. The van der Waals surface area contributed by atoms with Gasteiger partial charge in [-0.2, -0.15) is 0 Å². The second-order valence-electron chi connectivity index (χ2n) is 23.7. The SMILES string of the molecule is COc1cc(C(=O)CCC(C)(O)c2cc3c(c(-c4ccc(F)c(Cl)c4)n2)OCC3(C)N)ccc1OCCO.COc1cc(C(=O)CCC(C)(O)c2cc3c(c(-c4ccc(F)cc4)n2)OCC3(C)NS(=O)C(C)(C)C)ccc1OCCO.Cl.OB(O)c1ccc(F)c(Cl)c1. The minimum absolute atomic E-state index is 0. The highest BCUT2D eigenvalue weighted by Gasteiger charge is 2.44. The molecule has 27 heteroatoms. The van der Waals surface area contributed by atoms with Gasteiger partial charge in [0.05, 0.1) is 75.7 Å². The predicted octanol–water partition coefficient (Wildman–Crippen LogP) is 9.74. The maximum absolute atomic E-state index is 13.8. The van der Waals surface area contributed by atoms with Gasteiger partial charge in [-0.05, 0) is 170 Å². The first kappa shape index (κ1) is 75.1. The Labute approximate surface area is 556 Å². The molecule has 0 saturated heterocycles. The molecular formula is C66H75BCl3F3N4O15S. The summed E-state index contributed by atoms with van der Waals surface area (Å²) in [5.74, 6) is 0.464.